The van der Waals surface area contributed by atoms with E-state index >= 15 is 0 Å². The highest BCUT2D eigenvalue weighted by Crippen LogP contribution is 2.29. The van der Waals surface area contributed by atoms with Crippen LogP contribution in [0, 0.1) is 5.92 Å². The highest BCUT2D eigenvalue weighted by molar-refractivity contribution is 5.30. The third kappa shape index (κ3) is 3.58. The molecule has 4 nitrogen and oxygen atoms in total. The first-order chi connectivity index (χ1) is 9.80. The fraction of sp³-hybridized carbons (Fsp3) is 0.625. The summed E-state index contributed by atoms with van der Waals surface area (Å²) in [6.07, 6.45) is 1.19. The van der Waals surface area contributed by atoms with E-state index in [9.17, 15) is 0 Å². The molecule has 1 fully saturated rings. The van der Waals surface area contributed by atoms with Crippen LogP contribution in [0.1, 0.15) is 23.6 Å². The Hall–Kier alpha value is -0.940. The standard InChI is InChI=1S/C16H26N2O2/c1-19-11-13-7-8-18(10-13)16(9-17)15-6-4-3-5-14(15)12-20-2/h3-6,13,16H,7-12,17H2,1-2H3. The van der Waals surface area contributed by atoms with Gasteiger partial charge >= 0.3 is 0 Å². The number of hydrogen-bond acceptors (Lipinski definition) is 4. The zero-order chi connectivity index (χ0) is 14.4. The van der Waals surface area contributed by atoms with Crippen LogP contribution in [0.5, 0.6) is 0 Å². The summed E-state index contributed by atoms with van der Waals surface area (Å²) in [5.41, 5.74) is 8.59. The number of benzene rings is 1. The van der Waals surface area contributed by atoms with Crippen molar-refractivity contribution in [2.45, 2.75) is 19.1 Å². The zero-order valence-corrected chi connectivity index (χ0v) is 12.5. The van der Waals surface area contributed by atoms with E-state index < -0.39 is 0 Å². The quantitative estimate of drug-likeness (QED) is 0.826. The van der Waals surface area contributed by atoms with Gasteiger partial charge in [0.05, 0.1) is 13.2 Å². The largest absolute Gasteiger partial charge is 0.384 e. The first-order valence-electron chi connectivity index (χ1n) is 7.30. The van der Waals surface area contributed by atoms with Gasteiger partial charge in [-0.1, -0.05) is 24.3 Å². The molecular formula is C16H26N2O2. The summed E-state index contributed by atoms with van der Waals surface area (Å²) in [4.78, 5) is 2.48. The van der Waals surface area contributed by atoms with Crippen LogP contribution in [-0.4, -0.2) is 45.4 Å². The van der Waals surface area contributed by atoms with Crippen LogP contribution < -0.4 is 5.73 Å². The molecule has 1 aliphatic rings. The average molecular weight is 278 g/mol. The number of methoxy groups -OCH3 is 2. The van der Waals surface area contributed by atoms with Gasteiger partial charge in [-0.25, -0.2) is 0 Å². The third-order valence-electron chi connectivity index (χ3n) is 4.10. The summed E-state index contributed by atoms with van der Waals surface area (Å²) < 4.78 is 10.6. The Morgan fingerprint density at radius 2 is 2.10 bits per heavy atom. The van der Waals surface area contributed by atoms with E-state index in [2.05, 4.69) is 29.2 Å². The van der Waals surface area contributed by atoms with Gasteiger partial charge in [0.2, 0.25) is 0 Å². The van der Waals surface area contributed by atoms with Crippen molar-refractivity contribution in [3.05, 3.63) is 35.4 Å². The van der Waals surface area contributed by atoms with Crippen molar-refractivity contribution in [2.75, 3.05) is 40.5 Å². The van der Waals surface area contributed by atoms with Crippen molar-refractivity contribution in [3.63, 3.8) is 0 Å². The van der Waals surface area contributed by atoms with Crippen LogP contribution in [0.4, 0.5) is 0 Å². The van der Waals surface area contributed by atoms with Gasteiger partial charge in [-0.05, 0) is 30.0 Å². The van der Waals surface area contributed by atoms with E-state index in [1.54, 1.807) is 14.2 Å². The molecule has 0 aliphatic carbocycles. The Labute approximate surface area is 121 Å². The lowest BCUT2D eigenvalue weighted by Gasteiger charge is -2.29. The SMILES string of the molecule is COCc1ccccc1C(CN)N1CCC(COC)C1. The van der Waals surface area contributed by atoms with Crippen molar-refractivity contribution in [1.82, 2.24) is 4.90 Å². The van der Waals surface area contributed by atoms with Crippen molar-refractivity contribution in [3.8, 4) is 0 Å². The summed E-state index contributed by atoms with van der Waals surface area (Å²) in [5.74, 6) is 0.628. The molecule has 20 heavy (non-hydrogen) atoms. The van der Waals surface area contributed by atoms with Gasteiger partial charge in [0.25, 0.3) is 0 Å². The second kappa shape index (κ2) is 7.74. The molecule has 0 radical (unpaired) electrons. The molecule has 112 valence electrons. The minimum absolute atomic E-state index is 0.281. The average Bonchev–Trinajstić information content (AvgIpc) is 2.91. The van der Waals surface area contributed by atoms with Gasteiger partial charge in [-0.2, -0.15) is 0 Å². The normalized spacial score (nSPS) is 21.2. The lowest BCUT2D eigenvalue weighted by Crippen LogP contribution is -2.33. The predicted molar refractivity (Wildman–Crippen MR) is 80.5 cm³/mol. The Morgan fingerprint density at radius 1 is 1.30 bits per heavy atom. The Morgan fingerprint density at radius 3 is 2.80 bits per heavy atom. The van der Waals surface area contributed by atoms with Crippen LogP contribution in [0.25, 0.3) is 0 Å². The van der Waals surface area contributed by atoms with Crippen LogP contribution >= 0.6 is 0 Å². The summed E-state index contributed by atoms with van der Waals surface area (Å²) in [6, 6.07) is 8.73. The van der Waals surface area contributed by atoms with Gasteiger partial charge in [0.15, 0.2) is 0 Å². The number of hydrogen-bond donors (Lipinski definition) is 1. The first-order valence-corrected chi connectivity index (χ1v) is 7.30. The van der Waals surface area contributed by atoms with Crippen LogP contribution in [0.2, 0.25) is 0 Å². The fourth-order valence-electron chi connectivity index (χ4n) is 3.14. The molecular weight excluding hydrogens is 252 g/mol. The van der Waals surface area contributed by atoms with Crippen molar-refractivity contribution >= 4 is 0 Å². The molecule has 2 unspecified atom stereocenters. The highest BCUT2D eigenvalue weighted by Gasteiger charge is 2.29. The molecule has 0 aromatic heterocycles. The van der Waals surface area contributed by atoms with E-state index in [0.29, 0.717) is 19.1 Å². The van der Waals surface area contributed by atoms with Crippen LogP contribution in [-0.2, 0) is 16.1 Å². The summed E-state index contributed by atoms with van der Waals surface area (Å²) >= 11 is 0. The van der Waals surface area contributed by atoms with Crippen molar-refractivity contribution in [2.24, 2.45) is 11.7 Å². The summed E-state index contributed by atoms with van der Waals surface area (Å²) in [7, 11) is 3.51. The number of nitrogens with zero attached hydrogens (tertiary/aromatic N) is 1. The molecule has 0 bridgehead atoms. The third-order valence-corrected chi connectivity index (χ3v) is 4.10. The number of likely N-dealkylation sites (tertiary alicyclic amines) is 1. The Balaban J connectivity index is 2.12. The molecule has 1 aromatic rings. The molecule has 4 heteroatoms. The second-order valence-electron chi connectivity index (χ2n) is 5.49. The molecule has 2 atom stereocenters. The van der Waals surface area contributed by atoms with E-state index in [-0.39, 0.29) is 6.04 Å². The number of rotatable bonds is 7. The van der Waals surface area contributed by atoms with E-state index in [1.165, 1.54) is 17.5 Å². The lowest BCUT2D eigenvalue weighted by atomic mass is 9.99. The summed E-state index contributed by atoms with van der Waals surface area (Å²) in [5, 5.41) is 0. The van der Waals surface area contributed by atoms with Gasteiger partial charge < -0.3 is 15.2 Å². The second-order valence-corrected chi connectivity index (χ2v) is 5.49. The minimum Gasteiger partial charge on any atom is -0.384 e. The minimum atomic E-state index is 0.281. The smallest absolute Gasteiger partial charge is 0.0716 e. The summed E-state index contributed by atoms with van der Waals surface area (Å²) in [6.45, 7) is 4.28. The Kier molecular flexibility index (Phi) is 5.98. The molecule has 1 aliphatic heterocycles. The maximum absolute atomic E-state index is 6.06. The molecule has 0 spiro atoms. The molecule has 1 aromatic carbocycles. The number of ether oxygens (including phenoxy) is 2. The fourth-order valence-corrected chi connectivity index (χ4v) is 3.14. The topological polar surface area (TPSA) is 47.7 Å². The highest BCUT2D eigenvalue weighted by atomic mass is 16.5. The maximum Gasteiger partial charge on any atom is 0.0716 e. The molecule has 0 amide bonds. The van der Waals surface area contributed by atoms with Crippen LogP contribution in [0.3, 0.4) is 0 Å². The van der Waals surface area contributed by atoms with Gasteiger partial charge in [-0.3, -0.25) is 4.90 Å². The van der Waals surface area contributed by atoms with Crippen molar-refractivity contribution in [1.29, 1.82) is 0 Å². The van der Waals surface area contributed by atoms with Crippen molar-refractivity contribution < 1.29 is 9.47 Å². The molecule has 1 heterocycles. The Bertz CT molecular complexity index is 411. The molecule has 2 N–H and O–H groups in total. The first kappa shape index (κ1) is 15.4. The maximum atomic E-state index is 6.06. The monoisotopic (exact) mass is 278 g/mol. The van der Waals surface area contributed by atoms with Gasteiger partial charge in [0.1, 0.15) is 0 Å². The number of nitrogens with two attached hydrogens (primary N) is 1. The zero-order valence-electron chi connectivity index (χ0n) is 12.5. The van der Waals surface area contributed by atoms with E-state index in [4.69, 9.17) is 15.2 Å². The van der Waals surface area contributed by atoms with Gasteiger partial charge in [0, 0.05) is 33.4 Å². The van der Waals surface area contributed by atoms with E-state index in [1.807, 2.05) is 0 Å². The predicted octanol–water partition coefficient (Wildman–Crippen LogP) is 1.80. The molecule has 0 saturated carbocycles. The lowest BCUT2D eigenvalue weighted by molar-refractivity contribution is 0.146. The molecule has 2 rings (SSSR count). The van der Waals surface area contributed by atoms with E-state index in [0.717, 1.165) is 19.7 Å². The van der Waals surface area contributed by atoms with Crippen LogP contribution in [0.15, 0.2) is 24.3 Å². The van der Waals surface area contributed by atoms with Gasteiger partial charge in [-0.15, -0.1) is 0 Å². The molecule has 1 saturated heterocycles.